The molecule has 112 valence electrons. The predicted octanol–water partition coefficient (Wildman–Crippen LogP) is -2.93. The summed E-state index contributed by atoms with van der Waals surface area (Å²) >= 11 is 0. The summed E-state index contributed by atoms with van der Waals surface area (Å²) in [6.07, 6.45) is -4.91. The van der Waals surface area contributed by atoms with Gasteiger partial charge < -0.3 is 31.7 Å². The SMILES string of the molecule is N=C(N)/N=C(/N)C1=NCC([C@@H]2O[C@H](CO)[C@@H](O)[C@H]2F)N1. The third kappa shape index (κ3) is 2.71. The van der Waals surface area contributed by atoms with Crippen LogP contribution in [0.4, 0.5) is 4.39 Å². The molecule has 10 heteroatoms. The fourth-order valence-corrected chi connectivity index (χ4v) is 2.20. The van der Waals surface area contributed by atoms with Gasteiger partial charge in [-0.25, -0.2) is 4.39 Å². The van der Waals surface area contributed by atoms with Gasteiger partial charge in [0.05, 0.1) is 19.2 Å². The average molecular weight is 288 g/mol. The van der Waals surface area contributed by atoms with Crippen LogP contribution >= 0.6 is 0 Å². The largest absolute Gasteiger partial charge is 0.394 e. The number of aliphatic hydroxyl groups is 2. The fraction of sp³-hybridized carbons (Fsp3) is 0.700. The van der Waals surface area contributed by atoms with E-state index >= 15 is 0 Å². The molecule has 2 rings (SSSR count). The Morgan fingerprint density at radius 3 is 2.85 bits per heavy atom. The van der Waals surface area contributed by atoms with Gasteiger partial charge in [-0.2, -0.15) is 4.99 Å². The smallest absolute Gasteiger partial charge is 0.214 e. The molecule has 0 spiro atoms. The van der Waals surface area contributed by atoms with Gasteiger partial charge in [-0.3, -0.25) is 10.4 Å². The van der Waals surface area contributed by atoms with E-state index in [1.807, 2.05) is 0 Å². The molecule has 0 aromatic rings. The molecule has 0 amide bonds. The molecule has 5 atom stereocenters. The van der Waals surface area contributed by atoms with Crippen molar-refractivity contribution in [2.24, 2.45) is 21.5 Å². The molecular weight excluding hydrogens is 271 g/mol. The van der Waals surface area contributed by atoms with Crippen molar-refractivity contribution >= 4 is 17.6 Å². The number of amidine groups is 2. The highest BCUT2D eigenvalue weighted by Gasteiger charge is 2.48. The first kappa shape index (κ1) is 14.6. The fourth-order valence-electron chi connectivity index (χ4n) is 2.20. The van der Waals surface area contributed by atoms with Gasteiger partial charge in [0.15, 0.2) is 17.8 Å². The zero-order chi connectivity index (χ0) is 14.9. The first-order valence-corrected chi connectivity index (χ1v) is 6.02. The van der Waals surface area contributed by atoms with Gasteiger partial charge in [-0.15, -0.1) is 0 Å². The van der Waals surface area contributed by atoms with E-state index in [0.29, 0.717) is 0 Å². The minimum Gasteiger partial charge on any atom is -0.394 e. The summed E-state index contributed by atoms with van der Waals surface area (Å²) in [5.74, 6) is -0.345. The van der Waals surface area contributed by atoms with Gasteiger partial charge in [0.25, 0.3) is 0 Å². The third-order valence-corrected chi connectivity index (χ3v) is 3.18. The number of nitrogens with two attached hydrogens (primary N) is 2. The van der Waals surface area contributed by atoms with Crippen LogP contribution in [0.3, 0.4) is 0 Å². The molecule has 0 aromatic carbocycles. The number of nitrogens with zero attached hydrogens (tertiary/aromatic N) is 2. The van der Waals surface area contributed by atoms with E-state index in [9.17, 15) is 9.50 Å². The lowest BCUT2D eigenvalue weighted by Crippen LogP contribution is -2.48. The van der Waals surface area contributed by atoms with Gasteiger partial charge in [0.2, 0.25) is 5.96 Å². The summed E-state index contributed by atoms with van der Waals surface area (Å²) in [4.78, 5) is 7.56. The molecule has 2 aliphatic rings. The summed E-state index contributed by atoms with van der Waals surface area (Å²) < 4.78 is 19.2. The van der Waals surface area contributed by atoms with E-state index in [1.54, 1.807) is 0 Å². The number of halogens is 1. The van der Waals surface area contributed by atoms with Crippen molar-refractivity contribution in [3.63, 3.8) is 0 Å². The van der Waals surface area contributed by atoms with Crippen molar-refractivity contribution in [3.05, 3.63) is 0 Å². The average Bonchev–Trinajstić information content (AvgIpc) is 2.96. The highest BCUT2D eigenvalue weighted by Crippen LogP contribution is 2.27. The molecule has 0 saturated carbocycles. The molecule has 0 aliphatic carbocycles. The Hall–Kier alpha value is -1.78. The lowest BCUT2D eigenvalue weighted by molar-refractivity contribution is -0.0286. The standard InChI is InChI=1S/C10H17FN6O3/c11-5-6(19)4(2-18)20-7(5)3-1-15-9(16-3)8(12)17-10(13)14/h3-7,18-19H,1-2H2,(H,15,16)(H5,12,13,14,17)/t3?,4-,5-,6-,7+/m1/s1. The summed E-state index contributed by atoms with van der Waals surface area (Å²) in [7, 11) is 0. The number of hydrogen-bond acceptors (Lipinski definition) is 6. The maximum atomic E-state index is 13.9. The minimum atomic E-state index is -1.63. The lowest BCUT2D eigenvalue weighted by Gasteiger charge is -2.20. The maximum absolute atomic E-state index is 13.9. The van der Waals surface area contributed by atoms with Crippen molar-refractivity contribution in [2.75, 3.05) is 13.2 Å². The lowest BCUT2D eigenvalue weighted by atomic mass is 10.0. The molecule has 0 bridgehead atoms. The van der Waals surface area contributed by atoms with Crippen LogP contribution in [0.5, 0.6) is 0 Å². The Bertz CT molecular complexity index is 456. The normalized spacial score (nSPS) is 37.6. The van der Waals surface area contributed by atoms with E-state index in [0.717, 1.165) is 0 Å². The highest BCUT2D eigenvalue weighted by molar-refractivity contribution is 6.41. The van der Waals surface area contributed by atoms with E-state index in [4.69, 9.17) is 26.7 Å². The van der Waals surface area contributed by atoms with Crippen molar-refractivity contribution < 1.29 is 19.3 Å². The van der Waals surface area contributed by atoms with Crippen molar-refractivity contribution in [3.8, 4) is 0 Å². The number of rotatable bonds is 3. The number of alkyl halides is 1. The second-order valence-electron chi connectivity index (χ2n) is 4.58. The van der Waals surface area contributed by atoms with Crippen LogP contribution in [0.1, 0.15) is 0 Å². The molecule has 0 radical (unpaired) electrons. The van der Waals surface area contributed by atoms with Gasteiger partial charge in [-0.05, 0) is 0 Å². The first-order valence-electron chi connectivity index (χ1n) is 6.02. The van der Waals surface area contributed by atoms with Gasteiger partial charge in [0.1, 0.15) is 18.3 Å². The molecule has 2 heterocycles. The van der Waals surface area contributed by atoms with E-state index in [-0.39, 0.29) is 18.2 Å². The Balaban J connectivity index is 2.00. The molecule has 8 N–H and O–H groups in total. The van der Waals surface area contributed by atoms with Crippen LogP contribution in [-0.4, -0.2) is 71.5 Å². The Morgan fingerprint density at radius 1 is 1.60 bits per heavy atom. The van der Waals surface area contributed by atoms with E-state index < -0.39 is 43.1 Å². The topological polar surface area (TPSA) is 162 Å². The zero-order valence-electron chi connectivity index (χ0n) is 10.5. The van der Waals surface area contributed by atoms with Gasteiger partial charge in [-0.1, -0.05) is 0 Å². The number of aliphatic imine (C=N–C) groups is 2. The Labute approximate surface area is 114 Å². The molecule has 2 aliphatic heterocycles. The second kappa shape index (κ2) is 5.69. The summed E-state index contributed by atoms with van der Waals surface area (Å²) in [5, 5.41) is 28.4. The second-order valence-corrected chi connectivity index (χ2v) is 4.58. The van der Waals surface area contributed by atoms with Crippen LogP contribution in [0.2, 0.25) is 0 Å². The summed E-state index contributed by atoms with van der Waals surface area (Å²) in [6, 6.07) is -0.535. The number of hydrogen-bond donors (Lipinski definition) is 6. The molecular formula is C10H17FN6O3. The molecule has 9 nitrogen and oxygen atoms in total. The first-order chi connectivity index (χ1) is 9.43. The van der Waals surface area contributed by atoms with Crippen LogP contribution in [-0.2, 0) is 4.74 Å². The molecule has 1 fully saturated rings. The third-order valence-electron chi connectivity index (χ3n) is 3.18. The molecule has 20 heavy (non-hydrogen) atoms. The van der Waals surface area contributed by atoms with E-state index in [2.05, 4.69) is 15.3 Å². The number of guanidine groups is 1. The quantitative estimate of drug-likeness (QED) is 0.240. The number of aliphatic hydroxyl groups excluding tert-OH is 2. The van der Waals surface area contributed by atoms with Crippen LogP contribution in [0, 0.1) is 5.41 Å². The summed E-state index contributed by atoms with van der Waals surface area (Å²) in [5.41, 5.74) is 10.6. The molecule has 1 unspecified atom stereocenters. The minimum absolute atomic E-state index is 0.0762. The Kier molecular flexibility index (Phi) is 4.16. The van der Waals surface area contributed by atoms with E-state index in [1.165, 1.54) is 0 Å². The number of nitrogens with one attached hydrogen (secondary N) is 2. The molecule has 0 aromatic heterocycles. The van der Waals surface area contributed by atoms with Crippen molar-refractivity contribution in [1.29, 1.82) is 5.41 Å². The van der Waals surface area contributed by atoms with Crippen molar-refractivity contribution in [1.82, 2.24) is 5.32 Å². The van der Waals surface area contributed by atoms with Gasteiger partial charge >= 0.3 is 0 Å². The zero-order valence-corrected chi connectivity index (χ0v) is 10.5. The predicted molar refractivity (Wildman–Crippen MR) is 69.4 cm³/mol. The van der Waals surface area contributed by atoms with Crippen LogP contribution < -0.4 is 16.8 Å². The molecule has 1 saturated heterocycles. The van der Waals surface area contributed by atoms with Crippen LogP contribution in [0.15, 0.2) is 9.98 Å². The van der Waals surface area contributed by atoms with Gasteiger partial charge in [0, 0.05) is 0 Å². The number of ether oxygens (including phenoxy) is 1. The highest BCUT2D eigenvalue weighted by atomic mass is 19.1. The van der Waals surface area contributed by atoms with Crippen LogP contribution in [0.25, 0.3) is 0 Å². The maximum Gasteiger partial charge on any atom is 0.214 e. The van der Waals surface area contributed by atoms with Crippen molar-refractivity contribution in [2.45, 2.75) is 30.5 Å². The summed E-state index contributed by atoms with van der Waals surface area (Å²) in [6.45, 7) is -0.286. The monoisotopic (exact) mass is 288 g/mol. The Morgan fingerprint density at radius 2 is 2.30 bits per heavy atom.